The number of hydrogen-bond acceptors (Lipinski definition) is 35. The summed E-state index contributed by atoms with van der Waals surface area (Å²) >= 11 is 0. The topological polar surface area (TPSA) is 557 Å². The van der Waals surface area contributed by atoms with Crippen LogP contribution in [0, 0.1) is 50.2 Å². The van der Waals surface area contributed by atoms with Gasteiger partial charge in [0.25, 0.3) is 5.91 Å². The molecule has 12 rings (SSSR count). The molecule has 7 saturated heterocycles. The van der Waals surface area contributed by atoms with Crippen LogP contribution in [0.3, 0.4) is 0 Å². The summed E-state index contributed by atoms with van der Waals surface area (Å²) in [6, 6.07) is 0. The number of rotatable bonds is 29. The van der Waals surface area contributed by atoms with E-state index in [-0.39, 0.29) is 31.7 Å². The average Bonchev–Trinajstić information content (AvgIpc) is 0.997. The molecule has 0 aromatic rings. The number of carbonyl (C=O) groups excluding carboxylic acids is 3. The Bertz CT molecular complexity index is 3330. The number of hydrogen-bond donors (Lipinski definition) is 19. The number of esters is 1. The van der Waals surface area contributed by atoms with E-state index in [1.807, 2.05) is 0 Å². The van der Waals surface area contributed by atoms with Gasteiger partial charge in [-0.05, 0) is 117 Å². The normalized spacial score (nSPS) is 50.5. The highest BCUT2D eigenvalue weighted by atomic mass is 16.8. The number of nitrogens with one attached hydrogen (secondary N) is 1. The Labute approximate surface area is 681 Å². The standard InChI is InChI=1S/C81H133NO35/c1-10-11-12-13-14-15-16-17-18-19-28-82-66(101)62-57(98)61(113-67-54(95)49(90)41(86)32-104-67)64(116-70-55(96)51(92)50(91)43(31-83)109-70)72(114-62)110-47-23-24-76(6)44(77(47,7)34-84)22-25-78(8)45(76)21-20-39-40-29-75(4,5)26-27-81(40,46(88)30-79(39,78)9)74(102)117-71-63(52(93)48(89)37(2)107-71)115-69-56(97)53(94)59(38(3)108-69)111-68-58(99)60(42(87)33-105-68)112-73-65(100)80(103,35-85)36-106-73/h20,34,37-38,40-65,67-73,83,85-100,103H,10-19,21-33,35-36H2,1-9H3,(H,82,101)/t37-,38+,40?,41-,42-,43-,44?,45?,46-,47+,48+,49+,50+,51+,52+,53+,54-,55-,56-,57+,58-,59+,60+,61+,62+,63-,64-,65+,67+,68+,69+,70+,71+,72-,73+,76+,77+,78-,79-,80-,81-/m1/s1. The SMILES string of the molecule is CCCCCCCCCCCCNC(=O)[C@H]1O[C@@H](O[C@H]2CC[C@@]3(C)C(CC[C@]4(C)C3CC=C3C5CC(C)(C)CC[C@]5(C(=O)O[C@@H]5O[C@H](C)[C@H](O)[C@H](O)[C@H]5O[C@@H]5O[C@@H](C)[C@H](O[C@@H]6OC[C@@H](O)[C@H](O[C@@H]7OC[C@](O)(CO)[C@H]7O)[C@H]6O)[C@@H](O)[C@H]5O)[C@H](O)C[C@]34C)[C@]2(C)C=O)[C@H](O[C@@H]2O[C@H](CO)[C@H](O)[C@H](O)[C@H]2O)[C@@H](O[C@@H]2OC[C@@H](O)[C@H](O)[C@H]2O)[C@@H]1O. The molecule has 0 aromatic heterocycles. The number of fused-ring (bicyclic) bond motifs is 7. The van der Waals surface area contributed by atoms with Gasteiger partial charge >= 0.3 is 5.97 Å². The summed E-state index contributed by atoms with van der Waals surface area (Å²) in [5, 5.41) is 205. The van der Waals surface area contributed by atoms with Crippen LogP contribution in [0.1, 0.15) is 184 Å². The molecular weight excluding hydrogens is 1550 g/mol. The number of aldehydes is 1. The molecule has 0 radical (unpaired) electrons. The van der Waals surface area contributed by atoms with Gasteiger partial charge < -0.3 is 168 Å². The van der Waals surface area contributed by atoms with E-state index in [0.717, 1.165) is 50.4 Å². The Hall–Kier alpha value is -2.89. The number of aliphatic hydroxyl groups excluding tert-OH is 17. The minimum atomic E-state index is -2.10. The monoisotopic (exact) mass is 1680 g/mol. The Kier molecular flexibility index (Phi) is 29.8. The van der Waals surface area contributed by atoms with Crippen molar-refractivity contribution >= 4 is 18.2 Å². The zero-order valence-corrected chi connectivity index (χ0v) is 68.5. The number of unbranched alkanes of at least 4 members (excludes halogenated alkanes) is 9. The van der Waals surface area contributed by atoms with Crippen molar-refractivity contribution in [2.45, 2.75) is 387 Å². The van der Waals surface area contributed by atoms with Gasteiger partial charge in [-0.2, -0.15) is 0 Å². The van der Waals surface area contributed by atoms with E-state index in [1.54, 1.807) is 6.92 Å². The molecule has 36 heteroatoms. The van der Waals surface area contributed by atoms with Crippen LogP contribution in [0.25, 0.3) is 0 Å². The summed E-state index contributed by atoms with van der Waals surface area (Å²) in [6.45, 7) is 14.3. The second-order valence-electron chi connectivity index (χ2n) is 37.4. The van der Waals surface area contributed by atoms with Crippen LogP contribution in [0.15, 0.2) is 11.6 Å². The van der Waals surface area contributed by atoms with Gasteiger partial charge in [0.05, 0.1) is 62.9 Å². The van der Waals surface area contributed by atoms with Crippen LogP contribution in [-0.2, 0) is 80.7 Å². The van der Waals surface area contributed by atoms with Gasteiger partial charge in [0.2, 0.25) is 6.29 Å². The first-order valence-corrected chi connectivity index (χ1v) is 42.4. The number of amides is 1. The highest BCUT2D eigenvalue weighted by Crippen LogP contribution is 2.76. The van der Waals surface area contributed by atoms with E-state index in [2.05, 4.69) is 52.9 Å². The second-order valence-corrected chi connectivity index (χ2v) is 37.4. The summed E-state index contributed by atoms with van der Waals surface area (Å²) in [5.74, 6) is -3.03. The smallest absolute Gasteiger partial charge is 0.317 e. The van der Waals surface area contributed by atoms with Crippen LogP contribution >= 0.6 is 0 Å². The summed E-state index contributed by atoms with van der Waals surface area (Å²) < 4.78 is 85.4. The summed E-state index contributed by atoms with van der Waals surface area (Å²) in [4.78, 5) is 45.0. The fourth-order valence-electron chi connectivity index (χ4n) is 21.9. The zero-order valence-electron chi connectivity index (χ0n) is 68.5. The fourth-order valence-corrected chi connectivity index (χ4v) is 21.9. The largest absolute Gasteiger partial charge is 0.432 e. The lowest BCUT2D eigenvalue weighted by atomic mass is 9.33. The Morgan fingerprint density at radius 2 is 1.12 bits per heavy atom. The molecule has 12 aliphatic rings. The van der Waals surface area contributed by atoms with Gasteiger partial charge in [0.1, 0.15) is 133 Å². The van der Waals surface area contributed by atoms with Crippen LogP contribution in [0.4, 0.5) is 0 Å². The van der Waals surface area contributed by atoms with Crippen molar-refractivity contribution in [1.29, 1.82) is 0 Å². The van der Waals surface area contributed by atoms with Crippen molar-refractivity contribution in [2.75, 3.05) is 39.6 Å². The second kappa shape index (κ2) is 37.3. The first kappa shape index (κ1) is 93.3. The zero-order chi connectivity index (χ0) is 85.1. The Balaban J connectivity index is 0.778. The van der Waals surface area contributed by atoms with Crippen molar-refractivity contribution in [3.05, 3.63) is 11.6 Å². The molecule has 0 bridgehead atoms. The Morgan fingerprint density at radius 3 is 1.78 bits per heavy atom. The lowest BCUT2D eigenvalue weighted by molar-refractivity contribution is -0.391. The lowest BCUT2D eigenvalue weighted by Gasteiger charge is -2.71. The van der Waals surface area contributed by atoms with Gasteiger partial charge in [-0.15, -0.1) is 0 Å². The molecule has 7 heterocycles. The molecule has 5 aliphatic carbocycles. The number of allylic oxidation sites excluding steroid dienone is 2. The molecular formula is C81H133NO35. The molecule has 11 fully saturated rings. The van der Waals surface area contributed by atoms with Gasteiger partial charge in [-0.1, -0.05) is 118 Å². The number of aliphatic hydroxyl groups is 18. The maximum absolute atomic E-state index is 15.9. The molecule has 0 spiro atoms. The maximum Gasteiger partial charge on any atom is 0.317 e. The van der Waals surface area contributed by atoms with Crippen molar-refractivity contribution in [1.82, 2.24) is 5.32 Å². The molecule has 19 N–H and O–H groups in total. The quantitative estimate of drug-likeness (QED) is 0.0122. The third kappa shape index (κ3) is 17.7. The fraction of sp³-hybridized carbons (Fsp3) is 0.938. The predicted octanol–water partition coefficient (Wildman–Crippen LogP) is -2.39. The van der Waals surface area contributed by atoms with Gasteiger partial charge in [-0.25, -0.2) is 0 Å². The summed E-state index contributed by atoms with van der Waals surface area (Å²) in [7, 11) is 0. The highest BCUT2D eigenvalue weighted by molar-refractivity contribution is 5.82. The van der Waals surface area contributed by atoms with E-state index in [0.29, 0.717) is 44.9 Å². The molecule has 1 amide bonds. The van der Waals surface area contributed by atoms with Crippen LogP contribution in [-0.4, -0.2) is 352 Å². The highest BCUT2D eigenvalue weighted by Gasteiger charge is 2.73. The third-order valence-corrected chi connectivity index (χ3v) is 29.4. The third-order valence-electron chi connectivity index (χ3n) is 29.4. The minimum Gasteiger partial charge on any atom is -0.432 e. The predicted molar refractivity (Wildman–Crippen MR) is 399 cm³/mol. The van der Waals surface area contributed by atoms with E-state index < -0.39 is 291 Å². The maximum atomic E-state index is 15.9. The van der Waals surface area contributed by atoms with E-state index in [4.69, 9.17) is 66.3 Å². The van der Waals surface area contributed by atoms with Crippen LogP contribution in [0.5, 0.6) is 0 Å². The molecule has 117 heavy (non-hydrogen) atoms. The molecule has 4 saturated carbocycles. The first-order valence-electron chi connectivity index (χ1n) is 42.4. The summed E-state index contributed by atoms with van der Waals surface area (Å²) in [6.07, 6.45) is -39.2. The number of ether oxygens (including phenoxy) is 14. The van der Waals surface area contributed by atoms with Crippen LogP contribution < -0.4 is 5.32 Å². The number of carbonyl (C=O) groups is 3. The molecule has 672 valence electrons. The first-order chi connectivity index (χ1) is 55.2. The molecule has 41 atom stereocenters. The molecule has 7 aliphatic heterocycles. The van der Waals surface area contributed by atoms with Crippen molar-refractivity contribution in [3.63, 3.8) is 0 Å². The molecule has 36 nitrogen and oxygen atoms in total. The molecule has 3 unspecified atom stereocenters. The van der Waals surface area contributed by atoms with Crippen molar-refractivity contribution in [3.8, 4) is 0 Å². The van der Waals surface area contributed by atoms with E-state index in [1.165, 1.54) is 33.1 Å². The van der Waals surface area contributed by atoms with Crippen LogP contribution in [0.2, 0.25) is 0 Å². The minimum absolute atomic E-state index is 0.0598. The van der Waals surface area contributed by atoms with Gasteiger partial charge in [0, 0.05) is 6.54 Å². The van der Waals surface area contributed by atoms with E-state index >= 15 is 4.79 Å². The lowest BCUT2D eigenvalue weighted by Crippen LogP contribution is -2.70. The average molecular weight is 1680 g/mol. The summed E-state index contributed by atoms with van der Waals surface area (Å²) in [5.41, 5.74) is -6.78. The van der Waals surface area contributed by atoms with Crippen molar-refractivity contribution in [2.24, 2.45) is 50.2 Å². The van der Waals surface area contributed by atoms with Gasteiger partial charge in [0.15, 0.2) is 49.9 Å². The Morgan fingerprint density at radius 1 is 0.530 bits per heavy atom. The van der Waals surface area contributed by atoms with E-state index in [9.17, 15) is 102 Å². The van der Waals surface area contributed by atoms with Crippen molar-refractivity contribution < 1.29 is 173 Å². The molecule has 0 aromatic carbocycles. The van der Waals surface area contributed by atoms with Gasteiger partial charge in [-0.3, -0.25) is 9.59 Å².